The van der Waals surface area contributed by atoms with Crippen molar-refractivity contribution in [1.29, 1.82) is 0 Å². The Morgan fingerprint density at radius 1 is 1.28 bits per heavy atom. The predicted octanol–water partition coefficient (Wildman–Crippen LogP) is 3.05. The fourth-order valence-corrected chi connectivity index (χ4v) is 2.99. The van der Waals surface area contributed by atoms with E-state index in [1.165, 1.54) is 29.9 Å². The smallest absolute Gasteiger partial charge is 0.311 e. The topological polar surface area (TPSA) is 94.6 Å². The summed E-state index contributed by atoms with van der Waals surface area (Å²) in [6, 6.07) is 11.3. The normalized spacial score (nSPS) is 10.8. The first-order valence-corrected chi connectivity index (χ1v) is 7.56. The molecule has 0 aliphatic heterocycles. The summed E-state index contributed by atoms with van der Waals surface area (Å²) in [6.07, 6.45) is 0. The molecule has 0 aliphatic rings. The van der Waals surface area contributed by atoms with Crippen LogP contribution in [0.5, 0.6) is 5.75 Å². The molecule has 0 saturated carbocycles. The van der Waals surface area contributed by atoms with Crippen LogP contribution in [-0.4, -0.2) is 27.6 Å². The first-order valence-electron chi connectivity index (χ1n) is 7.56. The number of benzene rings is 2. The highest BCUT2D eigenvalue weighted by Gasteiger charge is 2.22. The Kier molecular flexibility index (Phi) is 4.24. The average molecular weight is 340 g/mol. The number of rotatable bonds is 4. The molecule has 0 amide bonds. The lowest BCUT2D eigenvalue weighted by Gasteiger charge is -2.08. The second-order valence-electron chi connectivity index (χ2n) is 5.52. The Balaban J connectivity index is 2.20. The Morgan fingerprint density at radius 3 is 2.64 bits per heavy atom. The molecule has 0 aliphatic carbocycles. The summed E-state index contributed by atoms with van der Waals surface area (Å²) in [5.41, 5.74) is 1.80. The van der Waals surface area contributed by atoms with Crippen LogP contribution in [0, 0.1) is 17.0 Å². The summed E-state index contributed by atoms with van der Waals surface area (Å²) in [4.78, 5) is 23.6. The van der Waals surface area contributed by atoms with Gasteiger partial charge in [0.15, 0.2) is 5.75 Å². The van der Waals surface area contributed by atoms with E-state index in [0.29, 0.717) is 16.8 Å². The highest BCUT2D eigenvalue weighted by Crippen LogP contribution is 2.30. The lowest BCUT2D eigenvalue weighted by Crippen LogP contribution is -2.14. The Bertz CT molecular complexity index is 991. The number of hydrogen-bond donors (Lipinski definition) is 1. The van der Waals surface area contributed by atoms with Gasteiger partial charge < -0.3 is 9.84 Å². The van der Waals surface area contributed by atoms with Crippen molar-refractivity contribution in [2.24, 2.45) is 0 Å². The van der Waals surface area contributed by atoms with Crippen molar-refractivity contribution in [3.8, 4) is 5.75 Å². The quantitative estimate of drug-likeness (QED) is 0.582. The molecular weight excluding hydrogens is 324 g/mol. The van der Waals surface area contributed by atoms with Crippen molar-refractivity contribution >= 4 is 22.5 Å². The van der Waals surface area contributed by atoms with Crippen LogP contribution in [0.4, 0.5) is 5.69 Å². The van der Waals surface area contributed by atoms with E-state index >= 15 is 0 Å². The summed E-state index contributed by atoms with van der Waals surface area (Å²) in [5, 5.41) is 21.6. The number of nitro groups is 1. The van der Waals surface area contributed by atoms with Crippen LogP contribution < -0.4 is 4.74 Å². The third-order valence-electron chi connectivity index (χ3n) is 4.23. The molecule has 0 saturated heterocycles. The van der Waals surface area contributed by atoms with E-state index in [1.807, 2.05) is 12.1 Å². The molecule has 1 heterocycles. The molecule has 7 nitrogen and oxygen atoms in total. The minimum absolute atomic E-state index is 0.0895. The molecule has 2 aromatic carbocycles. The number of para-hydroxylation sites is 1. The molecule has 128 valence electrons. The van der Waals surface area contributed by atoms with E-state index in [4.69, 9.17) is 4.74 Å². The zero-order valence-corrected chi connectivity index (χ0v) is 13.7. The molecule has 3 rings (SSSR count). The number of ether oxygens (including phenoxy) is 1. The van der Waals surface area contributed by atoms with Gasteiger partial charge in [0.2, 0.25) is 0 Å². The predicted molar refractivity (Wildman–Crippen MR) is 92.0 cm³/mol. The SMILES string of the molecule is COc1ccc(C(=O)n2c(C)c(CO)c3ccccc32)cc1[N+](=O)[O-]. The molecule has 1 aromatic heterocycles. The fraction of sp³-hybridized carbons (Fsp3) is 0.167. The summed E-state index contributed by atoms with van der Waals surface area (Å²) < 4.78 is 6.43. The van der Waals surface area contributed by atoms with Crippen molar-refractivity contribution in [3.63, 3.8) is 0 Å². The maximum Gasteiger partial charge on any atom is 0.311 e. The zero-order chi connectivity index (χ0) is 18.1. The van der Waals surface area contributed by atoms with Gasteiger partial charge in [-0.3, -0.25) is 19.5 Å². The van der Waals surface area contributed by atoms with Gasteiger partial charge in [-0.05, 0) is 25.1 Å². The second-order valence-corrected chi connectivity index (χ2v) is 5.52. The largest absolute Gasteiger partial charge is 0.490 e. The van der Waals surface area contributed by atoms with Gasteiger partial charge >= 0.3 is 5.69 Å². The Labute approximate surface area is 143 Å². The highest BCUT2D eigenvalue weighted by atomic mass is 16.6. The van der Waals surface area contributed by atoms with Crippen molar-refractivity contribution in [2.75, 3.05) is 7.11 Å². The van der Waals surface area contributed by atoms with Gasteiger partial charge in [0.05, 0.1) is 24.2 Å². The van der Waals surface area contributed by atoms with Gasteiger partial charge in [0.1, 0.15) is 0 Å². The molecular formula is C18H16N2O5. The number of hydrogen-bond acceptors (Lipinski definition) is 5. The van der Waals surface area contributed by atoms with Gasteiger partial charge in [-0.1, -0.05) is 18.2 Å². The van der Waals surface area contributed by atoms with Gasteiger partial charge in [-0.25, -0.2) is 0 Å². The first-order chi connectivity index (χ1) is 12.0. The van der Waals surface area contributed by atoms with Crippen LogP contribution >= 0.6 is 0 Å². The molecule has 0 bridgehead atoms. The maximum absolute atomic E-state index is 13.0. The number of nitro benzene ring substituents is 1. The van der Waals surface area contributed by atoms with Gasteiger partial charge in [0.25, 0.3) is 5.91 Å². The number of fused-ring (bicyclic) bond motifs is 1. The van der Waals surface area contributed by atoms with Crippen molar-refractivity contribution < 1.29 is 19.6 Å². The number of aliphatic hydroxyl groups excluding tert-OH is 1. The summed E-state index contributed by atoms with van der Waals surface area (Å²) in [5.74, 6) is -0.314. The third-order valence-corrected chi connectivity index (χ3v) is 4.23. The van der Waals surface area contributed by atoms with Crippen LogP contribution in [0.25, 0.3) is 10.9 Å². The van der Waals surface area contributed by atoms with Gasteiger partial charge in [0, 0.05) is 28.3 Å². The van der Waals surface area contributed by atoms with Crippen LogP contribution in [0.15, 0.2) is 42.5 Å². The molecule has 3 aromatic rings. The van der Waals surface area contributed by atoms with E-state index in [9.17, 15) is 20.0 Å². The molecule has 0 spiro atoms. The number of aliphatic hydroxyl groups is 1. The zero-order valence-electron chi connectivity index (χ0n) is 13.7. The van der Waals surface area contributed by atoms with E-state index in [-0.39, 0.29) is 23.6 Å². The number of aromatic nitrogens is 1. The summed E-state index contributed by atoms with van der Waals surface area (Å²) >= 11 is 0. The highest BCUT2D eigenvalue weighted by molar-refractivity contribution is 6.04. The molecule has 0 radical (unpaired) electrons. The fourth-order valence-electron chi connectivity index (χ4n) is 2.99. The Hall–Kier alpha value is -3.19. The monoisotopic (exact) mass is 340 g/mol. The molecule has 25 heavy (non-hydrogen) atoms. The standard InChI is InChI=1S/C18H16N2O5/c1-11-14(10-21)13-5-3-4-6-15(13)19(11)18(22)12-7-8-17(25-2)16(9-12)20(23)24/h3-9,21H,10H2,1-2H3. The minimum atomic E-state index is -0.588. The van der Waals surface area contributed by atoms with E-state index in [2.05, 4.69) is 0 Å². The maximum atomic E-state index is 13.0. The van der Waals surface area contributed by atoms with E-state index in [0.717, 1.165) is 5.39 Å². The van der Waals surface area contributed by atoms with Crippen molar-refractivity contribution in [3.05, 3.63) is 69.4 Å². The van der Waals surface area contributed by atoms with Gasteiger partial charge in [-0.2, -0.15) is 0 Å². The van der Waals surface area contributed by atoms with E-state index in [1.54, 1.807) is 19.1 Å². The molecule has 0 fully saturated rings. The average Bonchev–Trinajstić information content (AvgIpc) is 2.91. The molecule has 1 N–H and O–H groups in total. The first kappa shape index (κ1) is 16.7. The van der Waals surface area contributed by atoms with E-state index < -0.39 is 10.8 Å². The lowest BCUT2D eigenvalue weighted by molar-refractivity contribution is -0.385. The molecule has 7 heteroatoms. The van der Waals surface area contributed by atoms with Crippen LogP contribution in [0.1, 0.15) is 21.6 Å². The molecule has 0 atom stereocenters. The summed E-state index contributed by atoms with van der Waals surface area (Å²) in [7, 11) is 1.33. The molecule has 0 unspecified atom stereocenters. The number of carbonyl (C=O) groups is 1. The van der Waals surface area contributed by atoms with Crippen molar-refractivity contribution in [1.82, 2.24) is 4.57 Å². The number of methoxy groups -OCH3 is 1. The number of nitrogens with zero attached hydrogens (tertiary/aromatic N) is 2. The Morgan fingerprint density at radius 2 is 2.00 bits per heavy atom. The second kappa shape index (κ2) is 6.37. The summed E-state index contributed by atoms with van der Waals surface area (Å²) in [6.45, 7) is 1.54. The van der Waals surface area contributed by atoms with Crippen LogP contribution in [0.2, 0.25) is 0 Å². The van der Waals surface area contributed by atoms with Gasteiger partial charge in [-0.15, -0.1) is 0 Å². The van der Waals surface area contributed by atoms with Crippen molar-refractivity contribution in [2.45, 2.75) is 13.5 Å². The van der Waals surface area contributed by atoms with Crippen LogP contribution in [-0.2, 0) is 6.61 Å². The van der Waals surface area contributed by atoms with Crippen LogP contribution in [0.3, 0.4) is 0 Å². The number of carbonyl (C=O) groups excluding carboxylic acids is 1. The minimum Gasteiger partial charge on any atom is -0.490 e. The lowest BCUT2D eigenvalue weighted by atomic mass is 10.1. The third kappa shape index (κ3) is 2.64.